The Labute approximate surface area is 244 Å². The maximum Gasteiger partial charge on any atom is 0.338 e. The van der Waals surface area contributed by atoms with Crippen LogP contribution in [0.4, 0.5) is 0 Å². The highest BCUT2D eigenvalue weighted by Gasteiger charge is 2.79. The molecular formula is C31H40O11. The monoisotopic (exact) mass is 588 g/mol. The average Bonchev–Trinajstić information content (AvgIpc) is 3.17. The van der Waals surface area contributed by atoms with E-state index in [-0.39, 0.29) is 30.6 Å². The maximum absolute atomic E-state index is 13.8. The summed E-state index contributed by atoms with van der Waals surface area (Å²) in [6, 6.07) is 8.18. The molecule has 42 heavy (non-hydrogen) atoms. The predicted octanol–water partition coefficient (Wildman–Crippen LogP) is 1.44. The Balaban J connectivity index is 1.84. The Morgan fingerprint density at radius 3 is 2.19 bits per heavy atom. The third-order valence-electron chi connectivity index (χ3n) is 10.3. The van der Waals surface area contributed by atoms with Gasteiger partial charge in [-0.15, -0.1) is 0 Å². The molecule has 0 spiro atoms. The molecule has 0 amide bonds. The van der Waals surface area contributed by atoms with Crippen LogP contribution in [0.3, 0.4) is 0 Å². The van der Waals surface area contributed by atoms with Crippen LogP contribution in [0.15, 0.2) is 41.5 Å². The molecule has 1 aromatic carbocycles. The molecule has 4 aliphatic rings. The zero-order chi connectivity index (χ0) is 31.0. The summed E-state index contributed by atoms with van der Waals surface area (Å²) in [5.41, 5.74) is -5.81. The van der Waals surface area contributed by atoms with Crippen LogP contribution in [-0.4, -0.2) is 92.8 Å². The number of benzene rings is 1. The number of aliphatic hydroxyl groups excluding tert-OH is 3. The van der Waals surface area contributed by atoms with E-state index in [0.29, 0.717) is 5.57 Å². The summed E-state index contributed by atoms with van der Waals surface area (Å²) in [5.74, 6) is -3.19. The summed E-state index contributed by atoms with van der Waals surface area (Å²) in [6.45, 7) is 8.53. The van der Waals surface area contributed by atoms with E-state index in [1.165, 1.54) is 27.7 Å². The van der Waals surface area contributed by atoms with Crippen molar-refractivity contribution in [1.29, 1.82) is 0 Å². The Morgan fingerprint density at radius 1 is 1.02 bits per heavy atom. The standard InChI is InChI=1S/C31H40O11/c1-15-19(40-16(2)32)13-30(28(4,5)38)22(15)23(35)25(36)29(6)20(34)12-21-31(14-39-21,42-17(3)33)24(29)26(30)41-27(37)18-10-8-7-9-11-18/h7-11,19-21,23-26,34-36,38H,12-14H2,1-6H3/t19-,20+,21-,23+,24+,25-,26+,29-,30-,31-/m0/s1. The molecule has 4 N–H and O–H groups in total. The quantitative estimate of drug-likeness (QED) is 0.223. The highest BCUT2D eigenvalue weighted by Crippen LogP contribution is 2.67. The van der Waals surface area contributed by atoms with Crippen molar-refractivity contribution >= 4 is 17.9 Å². The van der Waals surface area contributed by atoms with Gasteiger partial charge in [-0.05, 0) is 44.1 Å². The summed E-state index contributed by atoms with van der Waals surface area (Å²) in [6.07, 6.45) is -7.92. The van der Waals surface area contributed by atoms with E-state index < -0.39 is 82.5 Å². The molecule has 11 heteroatoms. The number of hydrogen-bond donors (Lipinski definition) is 4. The molecule has 1 saturated heterocycles. The van der Waals surface area contributed by atoms with Crippen molar-refractivity contribution in [3.63, 3.8) is 0 Å². The van der Waals surface area contributed by atoms with Crippen molar-refractivity contribution < 1.29 is 53.8 Å². The van der Waals surface area contributed by atoms with Gasteiger partial charge in [-0.3, -0.25) is 9.59 Å². The Morgan fingerprint density at radius 2 is 1.67 bits per heavy atom. The van der Waals surface area contributed by atoms with Gasteiger partial charge in [0.05, 0.1) is 41.3 Å². The highest BCUT2D eigenvalue weighted by atomic mass is 16.6. The van der Waals surface area contributed by atoms with Crippen LogP contribution in [-0.2, 0) is 28.5 Å². The number of rotatable bonds is 5. The molecule has 1 aromatic rings. The molecule has 1 heterocycles. The number of carbonyl (C=O) groups is 3. The number of carbonyl (C=O) groups excluding carboxylic acids is 3. The van der Waals surface area contributed by atoms with E-state index in [9.17, 15) is 34.8 Å². The fourth-order valence-electron chi connectivity index (χ4n) is 8.32. The van der Waals surface area contributed by atoms with E-state index in [2.05, 4.69) is 0 Å². The van der Waals surface area contributed by atoms with E-state index >= 15 is 0 Å². The molecule has 10 atom stereocenters. The van der Waals surface area contributed by atoms with Crippen molar-refractivity contribution in [2.45, 2.75) is 102 Å². The normalized spacial score (nSPS) is 41.0. The second-order valence-corrected chi connectivity index (χ2v) is 13.0. The molecule has 3 fully saturated rings. The Hall–Kier alpha value is -2.83. The van der Waals surface area contributed by atoms with Crippen LogP contribution in [0.1, 0.15) is 64.7 Å². The topological polar surface area (TPSA) is 169 Å². The van der Waals surface area contributed by atoms with Gasteiger partial charge < -0.3 is 39.4 Å². The van der Waals surface area contributed by atoms with Gasteiger partial charge in [0.1, 0.15) is 24.4 Å². The van der Waals surface area contributed by atoms with Crippen LogP contribution in [0.5, 0.6) is 0 Å². The van der Waals surface area contributed by atoms with Crippen molar-refractivity contribution in [2.24, 2.45) is 16.7 Å². The van der Waals surface area contributed by atoms with Gasteiger partial charge in [0.2, 0.25) is 0 Å². The van der Waals surface area contributed by atoms with Gasteiger partial charge in [-0.25, -0.2) is 4.79 Å². The summed E-state index contributed by atoms with van der Waals surface area (Å²) in [7, 11) is 0. The fourth-order valence-corrected chi connectivity index (χ4v) is 8.32. The second-order valence-electron chi connectivity index (χ2n) is 13.0. The molecule has 0 radical (unpaired) electrons. The minimum Gasteiger partial charge on any atom is -0.458 e. The van der Waals surface area contributed by atoms with Gasteiger partial charge in [0.15, 0.2) is 5.60 Å². The van der Waals surface area contributed by atoms with Crippen LogP contribution in [0, 0.1) is 16.7 Å². The van der Waals surface area contributed by atoms with E-state index in [0.717, 1.165) is 0 Å². The fraction of sp³-hybridized carbons (Fsp3) is 0.645. The molecule has 0 unspecified atom stereocenters. The third-order valence-corrected chi connectivity index (χ3v) is 10.3. The summed E-state index contributed by atoms with van der Waals surface area (Å²) >= 11 is 0. The lowest BCUT2D eigenvalue weighted by molar-refractivity contribution is -0.351. The minimum absolute atomic E-state index is 0.0208. The first-order valence-corrected chi connectivity index (χ1v) is 14.2. The first kappa shape index (κ1) is 30.6. The van der Waals surface area contributed by atoms with Crippen molar-refractivity contribution in [3.8, 4) is 0 Å². The third kappa shape index (κ3) is 4.16. The first-order valence-electron chi connectivity index (χ1n) is 14.2. The van der Waals surface area contributed by atoms with Gasteiger partial charge in [0, 0.05) is 32.1 Å². The lowest BCUT2D eigenvalue weighted by Gasteiger charge is -2.65. The first-order chi connectivity index (χ1) is 19.5. The second kappa shape index (κ2) is 10.1. The maximum atomic E-state index is 13.8. The SMILES string of the molecule is CC(=O)O[C@H]1C[C@]2(C(C)(C)O)C(=C1C)[C@@H](O)[C@H](O)[C@@]1(C)[C@H](O)C[C@@H]3OC[C@@]3(OC(C)=O)[C@@H]1[C@H]2OC(=O)c1ccccc1. The number of aliphatic hydroxyl groups is 4. The van der Waals surface area contributed by atoms with Gasteiger partial charge in [-0.2, -0.15) is 0 Å². The summed E-state index contributed by atoms with van der Waals surface area (Å²) in [5, 5.41) is 47.6. The van der Waals surface area contributed by atoms with Crippen LogP contribution in [0.25, 0.3) is 0 Å². The average molecular weight is 589 g/mol. The zero-order valence-electron chi connectivity index (χ0n) is 24.7. The lowest BCUT2D eigenvalue weighted by Crippen LogP contribution is -2.78. The van der Waals surface area contributed by atoms with E-state index in [4.69, 9.17) is 18.9 Å². The van der Waals surface area contributed by atoms with Crippen LogP contribution < -0.4 is 0 Å². The largest absolute Gasteiger partial charge is 0.458 e. The van der Waals surface area contributed by atoms with E-state index in [1.54, 1.807) is 44.2 Å². The predicted molar refractivity (Wildman–Crippen MR) is 146 cm³/mol. The van der Waals surface area contributed by atoms with Crippen molar-refractivity contribution in [2.75, 3.05) is 6.61 Å². The van der Waals surface area contributed by atoms with Crippen molar-refractivity contribution in [3.05, 3.63) is 47.0 Å². The molecule has 0 bridgehead atoms. The zero-order valence-corrected chi connectivity index (χ0v) is 24.7. The molecule has 2 saturated carbocycles. The number of hydrogen-bond acceptors (Lipinski definition) is 11. The number of esters is 3. The Kier molecular flexibility index (Phi) is 7.38. The van der Waals surface area contributed by atoms with Gasteiger partial charge >= 0.3 is 17.9 Å². The van der Waals surface area contributed by atoms with E-state index in [1.807, 2.05) is 0 Å². The summed E-state index contributed by atoms with van der Waals surface area (Å²) in [4.78, 5) is 38.6. The number of fused-ring (bicyclic) bond motifs is 4. The van der Waals surface area contributed by atoms with Gasteiger partial charge in [-0.1, -0.05) is 25.1 Å². The molecule has 5 rings (SSSR count). The summed E-state index contributed by atoms with van der Waals surface area (Å²) < 4.78 is 23.8. The van der Waals surface area contributed by atoms with Gasteiger partial charge in [0.25, 0.3) is 0 Å². The smallest absolute Gasteiger partial charge is 0.338 e. The van der Waals surface area contributed by atoms with Crippen molar-refractivity contribution in [1.82, 2.24) is 0 Å². The molecule has 3 aliphatic carbocycles. The lowest BCUT2D eigenvalue weighted by atomic mass is 9.49. The molecule has 1 aliphatic heterocycles. The minimum atomic E-state index is -1.77. The molecule has 11 nitrogen and oxygen atoms in total. The highest BCUT2D eigenvalue weighted by molar-refractivity contribution is 5.89. The molecule has 0 aromatic heterocycles. The molecule has 230 valence electrons. The van der Waals surface area contributed by atoms with Crippen LogP contribution in [0.2, 0.25) is 0 Å². The Bertz CT molecular complexity index is 1300. The molecular weight excluding hydrogens is 548 g/mol. The van der Waals surface area contributed by atoms with Crippen LogP contribution >= 0.6 is 0 Å². The number of ether oxygens (including phenoxy) is 4.